The van der Waals surface area contributed by atoms with Crippen LogP contribution in [0.5, 0.6) is 11.5 Å². The lowest BCUT2D eigenvalue weighted by Gasteiger charge is -2.38. The van der Waals surface area contributed by atoms with E-state index in [4.69, 9.17) is 30.1 Å². The summed E-state index contributed by atoms with van der Waals surface area (Å²) in [4.78, 5) is 13.3. The summed E-state index contributed by atoms with van der Waals surface area (Å²) in [5.41, 5.74) is 5.50. The molecule has 3 aromatic carbocycles. The smallest absolute Gasteiger partial charge is 0.368 e. The van der Waals surface area contributed by atoms with Crippen molar-refractivity contribution in [3.63, 3.8) is 0 Å². The molecule has 1 fully saturated rings. The zero-order valence-corrected chi connectivity index (χ0v) is 29.8. The van der Waals surface area contributed by atoms with Gasteiger partial charge in [-0.2, -0.15) is 0 Å². The average Bonchev–Trinajstić information content (AvgIpc) is 2.98. The Bertz CT molecular complexity index is 1550. The maximum atomic E-state index is 13.4. The second-order valence-corrected chi connectivity index (χ2v) is 16.0. The highest BCUT2D eigenvalue weighted by Gasteiger charge is 2.43. The van der Waals surface area contributed by atoms with Crippen molar-refractivity contribution in [3.8, 4) is 11.5 Å². The van der Waals surface area contributed by atoms with Crippen molar-refractivity contribution in [2.75, 3.05) is 13.0 Å². The van der Waals surface area contributed by atoms with Crippen LogP contribution in [-0.4, -0.2) is 18.9 Å². The third-order valence-electron chi connectivity index (χ3n) is 9.60. The quantitative estimate of drug-likeness (QED) is 0.116. The molecule has 2 atom stereocenters. The van der Waals surface area contributed by atoms with E-state index in [9.17, 15) is 9.36 Å². The normalized spacial score (nSPS) is 19.0. The molecule has 0 spiro atoms. The first-order valence-corrected chi connectivity index (χ1v) is 17.9. The molecule has 4 rings (SSSR count). The highest BCUT2D eigenvalue weighted by atomic mass is 35.5. The van der Waals surface area contributed by atoms with Gasteiger partial charge in [-0.15, -0.1) is 0 Å². The second kappa shape index (κ2) is 14.0. The lowest BCUT2D eigenvalue weighted by Crippen LogP contribution is -2.42. The van der Waals surface area contributed by atoms with Crippen LogP contribution in [0.25, 0.3) is 0 Å². The van der Waals surface area contributed by atoms with Gasteiger partial charge < -0.3 is 14.0 Å². The molecule has 0 bridgehead atoms. The molecule has 3 aromatic rings. The molecule has 0 radical (unpaired) electrons. The fourth-order valence-electron chi connectivity index (χ4n) is 5.45. The Hall–Kier alpha value is -2.63. The summed E-state index contributed by atoms with van der Waals surface area (Å²) in [7, 11) is -3.47. The second-order valence-electron chi connectivity index (χ2n) is 13.6. The van der Waals surface area contributed by atoms with Crippen molar-refractivity contribution in [2.45, 2.75) is 93.6 Å². The van der Waals surface area contributed by atoms with Gasteiger partial charge in [-0.1, -0.05) is 70.5 Å². The van der Waals surface area contributed by atoms with E-state index >= 15 is 0 Å². The molecule has 1 aliphatic rings. The summed E-state index contributed by atoms with van der Waals surface area (Å²) in [6.07, 6.45) is 1.64. The molecular formula is C37H48ClO6P. The summed E-state index contributed by atoms with van der Waals surface area (Å²) in [6.45, 7) is 18.9. The molecule has 2 unspecified atom stereocenters. The zero-order chi connectivity index (χ0) is 33.2. The summed E-state index contributed by atoms with van der Waals surface area (Å²) >= 11 is 6.15. The average molecular weight is 655 g/mol. The van der Waals surface area contributed by atoms with Gasteiger partial charge in [0.2, 0.25) is 0 Å². The summed E-state index contributed by atoms with van der Waals surface area (Å²) < 4.78 is 37.0. The van der Waals surface area contributed by atoms with Crippen LogP contribution in [0.2, 0.25) is 5.02 Å². The Kier molecular flexibility index (Phi) is 11.0. The number of halogens is 1. The number of esters is 1. The number of rotatable bonds is 11. The molecule has 1 heterocycles. The molecule has 244 valence electrons. The molecule has 8 heteroatoms. The van der Waals surface area contributed by atoms with Crippen LogP contribution in [0.3, 0.4) is 0 Å². The third kappa shape index (κ3) is 8.21. The number of carbonyl (C=O) groups excluding carboxylic acids is 1. The van der Waals surface area contributed by atoms with Gasteiger partial charge in [-0.05, 0) is 116 Å². The van der Waals surface area contributed by atoms with Crippen molar-refractivity contribution >= 4 is 25.2 Å². The van der Waals surface area contributed by atoms with E-state index in [2.05, 4.69) is 54.5 Å². The lowest BCUT2D eigenvalue weighted by atomic mass is 9.66. The van der Waals surface area contributed by atoms with Crippen molar-refractivity contribution < 1.29 is 27.9 Å². The van der Waals surface area contributed by atoms with Crippen molar-refractivity contribution in [3.05, 3.63) is 93.0 Å². The number of hydrogen-bond acceptors (Lipinski definition) is 6. The fourth-order valence-corrected chi connectivity index (χ4v) is 7.15. The third-order valence-corrected chi connectivity index (χ3v) is 11.4. The van der Waals surface area contributed by atoms with Gasteiger partial charge in [0, 0.05) is 11.4 Å². The predicted molar refractivity (Wildman–Crippen MR) is 182 cm³/mol. The highest BCUT2D eigenvalue weighted by Crippen LogP contribution is 2.56. The zero-order valence-electron chi connectivity index (χ0n) is 28.2. The SMILES string of the molecule is CCC(C)(C)C(C)(C)C(=O)Oc1ccc(Cc2c(C)cc(OCP3(=O)OCCC(c4cccc(Cl)c4)O3)cc2C)cc1C(C)C. The van der Waals surface area contributed by atoms with Gasteiger partial charge in [-0.3, -0.25) is 13.9 Å². The summed E-state index contributed by atoms with van der Waals surface area (Å²) in [5.74, 6) is 1.20. The Morgan fingerprint density at radius 2 is 1.73 bits per heavy atom. The van der Waals surface area contributed by atoms with E-state index in [-0.39, 0.29) is 29.8 Å². The molecular weight excluding hydrogens is 607 g/mol. The number of aryl methyl sites for hydroxylation is 2. The fraction of sp³-hybridized carbons (Fsp3) is 0.486. The first-order valence-electron chi connectivity index (χ1n) is 15.8. The van der Waals surface area contributed by atoms with E-state index in [1.54, 1.807) is 6.07 Å². The Morgan fingerprint density at radius 1 is 1.04 bits per heavy atom. The number of hydrogen-bond donors (Lipinski definition) is 0. The Balaban J connectivity index is 1.46. The van der Waals surface area contributed by atoms with Crippen LogP contribution in [-0.2, 0) is 24.8 Å². The predicted octanol–water partition coefficient (Wildman–Crippen LogP) is 10.7. The maximum Gasteiger partial charge on any atom is 0.368 e. The molecule has 0 saturated carbocycles. The van der Waals surface area contributed by atoms with Crippen LogP contribution < -0.4 is 9.47 Å². The van der Waals surface area contributed by atoms with Gasteiger partial charge in [0.05, 0.1) is 18.1 Å². The lowest BCUT2D eigenvalue weighted by molar-refractivity contribution is -0.151. The van der Waals surface area contributed by atoms with Crippen LogP contribution >= 0.6 is 19.2 Å². The molecule has 0 aromatic heterocycles. The van der Waals surface area contributed by atoms with E-state index in [1.165, 1.54) is 5.56 Å². The minimum Gasteiger partial charge on any atom is -0.481 e. The standard InChI is InChI=1S/C37H48ClO6P/c1-10-36(6,7)37(8,9)35(39)43-34-15-14-27(20-31(34)24(2)3)21-32-25(4)18-30(19-26(32)5)41-23-45(40)42-17-16-33(44-45)28-12-11-13-29(38)22-28/h11-15,18-20,22,24,33H,10,16-17,21,23H2,1-9H3. The number of ether oxygens (including phenoxy) is 2. The van der Waals surface area contributed by atoms with Gasteiger partial charge in [-0.25, -0.2) is 0 Å². The minimum absolute atomic E-state index is 0.174. The monoisotopic (exact) mass is 654 g/mol. The van der Waals surface area contributed by atoms with E-state index in [0.717, 1.165) is 34.2 Å². The molecule has 0 amide bonds. The topological polar surface area (TPSA) is 71.1 Å². The van der Waals surface area contributed by atoms with E-state index < -0.39 is 13.0 Å². The van der Waals surface area contributed by atoms with Crippen molar-refractivity contribution in [1.29, 1.82) is 0 Å². The molecule has 45 heavy (non-hydrogen) atoms. The van der Waals surface area contributed by atoms with Gasteiger partial charge >= 0.3 is 13.6 Å². The Labute approximate surface area is 274 Å². The van der Waals surface area contributed by atoms with Crippen LogP contribution in [0, 0.1) is 24.7 Å². The number of benzene rings is 3. The molecule has 0 N–H and O–H groups in total. The van der Waals surface area contributed by atoms with Gasteiger partial charge in [0.15, 0.2) is 6.35 Å². The van der Waals surface area contributed by atoms with Gasteiger partial charge in [0.25, 0.3) is 0 Å². The maximum absolute atomic E-state index is 13.4. The van der Waals surface area contributed by atoms with Crippen molar-refractivity contribution in [2.24, 2.45) is 10.8 Å². The first kappa shape index (κ1) is 35.2. The molecule has 6 nitrogen and oxygen atoms in total. The minimum atomic E-state index is -3.47. The molecule has 0 aliphatic carbocycles. The molecule has 1 saturated heterocycles. The van der Waals surface area contributed by atoms with Crippen LogP contribution in [0.1, 0.15) is 107 Å². The largest absolute Gasteiger partial charge is 0.481 e. The van der Waals surface area contributed by atoms with E-state index in [1.807, 2.05) is 56.3 Å². The van der Waals surface area contributed by atoms with Crippen molar-refractivity contribution in [1.82, 2.24) is 0 Å². The molecule has 1 aliphatic heterocycles. The van der Waals surface area contributed by atoms with E-state index in [0.29, 0.717) is 36.0 Å². The number of carbonyl (C=O) groups is 1. The summed E-state index contributed by atoms with van der Waals surface area (Å²) in [5, 5.41) is 0.607. The van der Waals surface area contributed by atoms with Crippen LogP contribution in [0.15, 0.2) is 54.6 Å². The first-order chi connectivity index (χ1) is 21.0. The highest BCUT2D eigenvalue weighted by molar-refractivity contribution is 7.53. The van der Waals surface area contributed by atoms with Gasteiger partial charge in [0.1, 0.15) is 11.5 Å². The van der Waals surface area contributed by atoms with Crippen LogP contribution in [0.4, 0.5) is 0 Å². The summed E-state index contributed by atoms with van der Waals surface area (Å²) in [6, 6.07) is 17.4. The Morgan fingerprint density at radius 3 is 2.36 bits per heavy atom.